The van der Waals surface area contributed by atoms with Crippen LogP contribution in [0.15, 0.2) is 495 Å². The maximum Gasteiger partial charge on any atom is 0.339 e. The molecule has 0 saturated heterocycles. The van der Waals surface area contributed by atoms with Gasteiger partial charge in [-0.3, -0.25) is 0 Å². The quantitative estimate of drug-likeness (QED) is 0.0816. The molecule has 0 atom stereocenters. The molecule has 0 amide bonds. The van der Waals surface area contributed by atoms with E-state index < -0.39 is 10.1 Å². The van der Waals surface area contributed by atoms with Crippen LogP contribution in [-0.4, -0.2) is 42.0 Å². The Morgan fingerprint density at radius 3 is 0.846 bits per heavy atom. The number of phenolic OH excluding ortho intramolecular Hbond substituents is 3. The van der Waals surface area contributed by atoms with Crippen molar-refractivity contribution in [2.75, 3.05) is 9.80 Å². The molecule has 0 aliphatic carbocycles. The number of benzene rings is 20. The lowest BCUT2D eigenvalue weighted by molar-refractivity contribution is 0.472. The first-order chi connectivity index (χ1) is 66.7. The van der Waals surface area contributed by atoms with E-state index in [1.807, 2.05) is 244 Å². The zero-order valence-corrected chi connectivity index (χ0v) is 76.8. The molecule has 0 aliphatic heterocycles. The van der Waals surface area contributed by atoms with Crippen LogP contribution in [-0.2, 0) is 10.1 Å². The molecule has 12 nitrogen and oxygen atoms in total. The van der Waals surface area contributed by atoms with Crippen molar-refractivity contribution in [2.45, 2.75) is 11.8 Å². The first-order valence-electron chi connectivity index (χ1n) is 44.7. The summed E-state index contributed by atoms with van der Waals surface area (Å²) in [5, 5.41) is 41.7. The Labute approximate surface area is 800 Å². The van der Waals surface area contributed by atoms with E-state index in [2.05, 4.69) is 268 Å². The van der Waals surface area contributed by atoms with Gasteiger partial charge in [-0.2, -0.15) is 8.42 Å². The number of phenols is 3. The topological polar surface area (TPSA) is 130 Å². The number of hydrogen-bond donors (Lipinski definition) is 3. The van der Waals surface area contributed by atoms with Crippen molar-refractivity contribution < 1.29 is 27.9 Å². The minimum Gasteiger partial charge on any atom is -0.507 e. The number of para-hydroxylation sites is 12. The van der Waals surface area contributed by atoms with Gasteiger partial charge in [0.1, 0.15) is 22.1 Å². The van der Waals surface area contributed by atoms with Gasteiger partial charge in [0, 0.05) is 146 Å². The van der Waals surface area contributed by atoms with Crippen molar-refractivity contribution in [1.29, 1.82) is 0 Å². The van der Waals surface area contributed by atoms with Gasteiger partial charge in [-0.25, -0.2) is 0 Å². The second-order valence-corrected chi connectivity index (χ2v) is 36.0. The second kappa shape index (κ2) is 37.4. The van der Waals surface area contributed by atoms with Crippen LogP contribution in [0.25, 0.3) is 143 Å². The van der Waals surface area contributed by atoms with Gasteiger partial charge in [0.05, 0.1) is 48.6 Å². The molecule has 24 rings (SSSR count). The van der Waals surface area contributed by atoms with E-state index in [-0.39, 0.29) is 27.9 Å². The summed E-state index contributed by atoms with van der Waals surface area (Å²) in [6, 6.07) is 162. The molecule has 0 aliphatic rings. The van der Waals surface area contributed by atoms with Crippen LogP contribution in [0.2, 0.25) is 5.02 Å². The highest BCUT2D eigenvalue weighted by Gasteiger charge is 2.26. The Kier molecular flexibility index (Phi) is 23.6. The van der Waals surface area contributed by atoms with Gasteiger partial charge in [-0.05, 0) is 234 Å². The SMILES string of the molecule is Cc1ccc(S(=O)(=O)Oc2cc3c(cc2-c2ccc(N(c4ccccc4)c4ccccc4)cc2)c2ccccc2n3-c2ccccc2)cc1.Oc1cc2c(cc1-c1ccc(Cl)cc1)c1ccccc1n2-c1ccccc1.Oc1cc2c(cc1-c1ccc(N(c3ccccc3)c3ccccc3)cc1)c1ccccc1n2-c1ccccc1.Oc1cc2c(cc1Br)c1ccccc1n2-c1ccccc1. The van der Waals surface area contributed by atoms with Crippen LogP contribution in [0.3, 0.4) is 0 Å². The molecule has 0 spiro atoms. The van der Waals surface area contributed by atoms with Gasteiger partial charge in [0.15, 0.2) is 5.75 Å². The van der Waals surface area contributed by atoms with Gasteiger partial charge in [0.25, 0.3) is 0 Å². The lowest BCUT2D eigenvalue weighted by Gasteiger charge is -2.25. The predicted octanol–water partition coefficient (Wildman–Crippen LogP) is 32.7. The molecule has 0 saturated carbocycles. The third-order valence-electron chi connectivity index (χ3n) is 24.7. The van der Waals surface area contributed by atoms with Crippen LogP contribution in [0.1, 0.15) is 5.56 Å². The van der Waals surface area contributed by atoms with Crippen LogP contribution < -0.4 is 14.0 Å². The average molecular weight is 1870 g/mol. The van der Waals surface area contributed by atoms with Crippen LogP contribution in [0.4, 0.5) is 34.1 Å². The molecule has 3 N–H and O–H groups in total. The number of anilines is 6. The van der Waals surface area contributed by atoms with Crippen molar-refractivity contribution in [3.8, 4) is 79.1 Å². The molecule has 15 heteroatoms. The van der Waals surface area contributed by atoms with E-state index in [1.54, 1.807) is 24.3 Å². The van der Waals surface area contributed by atoms with Crippen molar-refractivity contribution in [2.24, 2.45) is 0 Å². The lowest BCUT2D eigenvalue weighted by Crippen LogP contribution is -2.11. The van der Waals surface area contributed by atoms with Gasteiger partial charge in [-0.15, -0.1) is 0 Å². The van der Waals surface area contributed by atoms with Crippen molar-refractivity contribution in [3.05, 3.63) is 500 Å². The van der Waals surface area contributed by atoms with Crippen LogP contribution >= 0.6 is 27.5 Å². The number of rotatable bonds is 16. The van der Waals surface area contributed by atoms with E-state index in [1.165, 1.54) is 5.39 Å². The van der Waals surface area contributed by atoms with Crippen LogP contribution in [0, 0.1) is 6.92 Å². The zero-order chi connectivity index (χ0) is 92.3. The zero-order valence-electron chi connectivity index (χ0n) is 73.6. The molecule has 656 valence electrons. The minimum atomic E-state index is -4.15. The molecule has 0 radical (unpaired) electrons. The first kappa shape index (κ1) is 85.9. The number of fused-ring (bicyclic) bond motifs is 12. The molecule has 136 heavy (non-hydrogen) atoms. The summed E-state index contributed by atoms with van der Waals surface area (Å²) in [7, 11) is -4.15. The Balaban J connectivity index is 0.000000114. The number of halogens is 2. The molecule has 0 unspecified atom stereocenters. The van der Waals surface area contributed by atoms with Crippen molar-refractivity contribution in [1.82, 2.24) is 18.3 Å². The highest BCUT2D eigenvalue weighted by molar-refractivity contribution is 9.10. The maximum absolute atomic E-state index is 13.8. The Morgan fingerprint density at radius 2 is 0.515 bits per heavy atom. The summed E-state index contributed by atoms with van der Waals surface area (Å²) in [5.74, 6) is 1.02. The third-order valence-corrected chi connectivity index (χ3v) is 26.9. The van der Waals surface area contributed by atoms with Crippen LogP contribution in [0.5, 0.6) is 23.0 Å². The highest BCUT2D eigenvalue weighted by atomic mass is 79.9. The van der Waals surface area contributed by atoms with Gasteiger partial charge in [-0.1, -0.05) is 284 Å². The van der Waals surface area contributed by atoms with Crippen molar-refractivity contribution in [3.63, 3.8) is 0 Å². The third kappa shape index (κ3) is 16.9. The number of aryl methyl sites for hydroxylation is 1. The highest BCUT2D eigenvalue weighted by Crippen LogP contribution is 2.48. The number of nitrogens with zero attached hydrogens (tertiary/aromatic N) is 6. The van der Waals surface area contributed by atoms with E-state index in [4.69, 9.17) is 15.8 Å². The fourth-order valence-electron chi connectivity index (χ4n) is 18.4. The fourth-order valence-corrected chi connectivity index (χ4v) is 19.9. The molecule has 24 aromatic rings. The average Bonchev–Trinajstić information content (AvgIpc) is 1.63. The minimum absolute atomic E-state index is 0.101. The summed E-state index contributed by atoms with van der Waals surface area (Å²) in [6.45, 7) is 1.92. The monoisotopic (exact) mass is 1860 g/mol. The molecule has 0 bridgehead atoms. The molecule has 20 aromatic carbocycles. The summed E-state index contributed by atoms with van der Waals surface area (Å²) in [6.07, 6.45) is 0. The number of hydrogen-bond acceptors (Lipinski definition) is 8. The largest absolute Gasteiger partial charge is 0.507 e. The Hall–Kier alpha value is -16.9. The summed E-state index contributed by atoms with van der Waals surface area (Å²) < 4.78 is 43.1. The van der Waals surface area contributed by atoms with E-state index in [0.29, 0.717) is 15.1 Å². The molecule has 4 aromatic heterocycles. The van der Waals surface area contributed by atoms with Crippen molar-refractivity contribution >= 4 is 159 Å². The Bertz CT molecular complexity index is 8520. The summed E-state index contributed by atoms with van der Waals surface area (Å²) in [4.78, 5) is 4.53. The molecular weight excluding hydrogens is 1780 g/mol. The smallest absolute Gasteiger partial charge is 0.339 e. The summed E-state index contributed by atoms with van der Waals surface area (Å²) >= 11 is 9.43. The number of aromatic nitrogens is 4. The van der Waals surface area contributed by atoms with Gasteiger partial charge >= 0.3 is 10.1 Å². The summed E-state index contributed by atoms with van der Waals surface area (Å²) in [5.41, 5.74) is 24.7. The molecule has 0 fully saturated rings. The van der Waals surface area contributed by atoms with Gasteiger partial charge < -0.3 is 47.6 Å². The van der Waals surface area contributed by atoms with E-state index in [0.717, 1.165) is 172 Å². The number of aromatic hydroxyl groups is 3. The first-order valence-corrected chi connectivity index (χ1v) is 47.3. The Morgan fingerprint density at radius 1 is 0.257 bits per heavy atom. The van der Waals surface area contributed by atoms with E-state index >= 15 is 0 Å². The van der Waals surface area contributed by atoms with E-state index in [9.17, 15) is 23.7 Å². The standard InChI is InChI=1S/C43H32N2O3S.C36H26N2O.C24H16ClNO.C18H12BrNO/c1-31-21-27-37(28-22-31)49(46,47)48-43-30-42-40(38-19-11-12-20-41(38)45(42)35-17-9-4-10-18-35)29-39(43)32-23-25-36(26-24-32)44(33-13-5-2-6-14-33)34-15-7-3-8-16-34;39-36-25-35-33(31-18-10-11-19-34(31)38(35)29-16-8-3-9-17-29)24-32(36)26-20-22-30(23-21-26)37(27-12-4-1-5-13-27)28-14-6-2-7-15-28;25-17-12-10-16(11-13-17)20-14-21-19-8-4-5-9-22(19)26(23(21)15-24(20)27)18-6-2-1-3-7-18;19-15-10-14-13-8-4-5-9-16(13)20(17(14)11-18(15)21)12-6-2-1-3-7-12/h2-30H,1H3;1-25,39H;1-15,27H;1-11,21H. The normalized spacial score (nSPS) is 11.3. The predicted molar refractivity (Wildman–Crippen MR) is 565 cm³/mol. The fraction of sp³-hybridized carbons (Fsp3) is 0.00826. The van der Waals surface area contributed by atoms with Gasteiger partial charge in [0.2, 0.25) is 0 Å². The second-order valence-electron chi connectivity index (χ2n) is 33.2. The maximum atomic E-state index is 13.8. The lowest BCUT2D eigenvalue weighted by atomic mass is 10.0. The molecular formula is C121H86BrClN6O6S. The molecule has 4 heterocycles.